The Kier molecular flexibility index (Phi) is 6.91. The summed E-state index contributed by atoms with van der Waals surface area (Å²) in [7, 11) is -1.03. The summed E-state index contributed by atoms with van der Waals surface area (Å²) < 4.78 is 35.6. The number of hydrogen-bond donors (Lipinski definition) is 0. The number of rotatable bonds is 6. The molecule has 1 heterocycles. The van der Waals surface area contributed by atoms with Gasteiger partial charge in [0.1, 0.15) is 5.75 Å². The highest BCUT2D eigenvalue weighted by molar-refractivity contribution is 7.84. The first kappa shape index (κ1) is 22.0. The van der Waals surface area contributed by atoms with E-state index in [2.05, 4.69) is 0 Å². The van der Waals surface area contributed by atoms with E-state index in [-0.39, 0.29) is 11.7 Å². The zero-order valence-corrected chi connectivity index (χ0v) is 18.2. The van der Waals surface area contributed by atoms with Gasteiger partial charge in [-0.3, -0.25) is 4.79 Å². The Balaban J connectivity index is 1.97. The van der Waals surface area contributed by atoms with Crippen LogP contribution in [0.15, 0.2) is 54.6 Å². The lowest BCUT2D eigenvalue weighted by Gasteiger charge is -2.26. The van der Waals surface area contributed by atoms with Crippen LogP contribution in [0.5, 0.6) is 5.75 Å². The standard InChI is InChI=1S/C22H26N2O5S/c1-17-15-19(9-10-21(17)29-30(26,27)23(2)3)20(18-7-5-4-6-8-18)16-22(25)24-11-13-28-14-12-24/h4-10,15-16H,11-14H2,1-3H3. The highest BCUT2D eigenvalue weighted by atomic mass is 32.2. The topological polar surface area (TPSA) is 76.1 Å². The van der Waals surface area contributed by atoms with Crippen LogP contribution in [0.1, 0.15) is 16.7 Å². The number of benzene rings is 2. The number of carbonyl (C=O) groups is 1. The summed E-state index contributed by atoms with van der Waals surface area (Å²) in [4.78, 5) is 14.6. The average Bonchev–Trinajstić information content (AvgIpc) is 2.74. The van der Waals surface area contributed by atoms with Gasteiger partial charge in [0.25, 0.3) is 0 Å². The summed E-state index contributed by atoms with van der Waals surface area (Å²) in [5, 5.41) is 0. The van der Waals surface area contributed by atoms with Crippen LogP contribution in [0.4, 0.5) is 0 Å². The minimum absolute atomic E-state index is 0.0784. The minimum atomic E-state index is -3.85. The van der Waals surface area contributed by atoms with Crippen molar-refractivity contribution in [3.63, 3.8) is 0 Å². The quantitative estimate of drug-likeness (QED) is 0.658. The Bertz CT molecular complexity index is 1030. The number of hydrogen-bond acceptors (Lipinski definition) is 5. The van der Waals surface area contributed by atoms with Gasteiger partial charge in [-0.15, -0.1) is 0 Å². The van der Waals surface area contributed by atoms with Gasteiger partial charge in [-0.1, -0.05) is 36.4 Å². The summed E-state index contributed by atoms with van der Waals surface area (Å²) >= 11 is 0. The van der Waals surface area contributed by atoms with Crippen LogP contribution in [0.25, 0.3) is 5.57 Å². The second-order valence-corrected chi connectivity index (χ2v) is 8.92. The van der Waals surface area contributed by atoms with Crippen LogP contribution in [0.3, 0.4) is 0 Å². The molecule has 1 saturated heterocycles. The van der Waals surface area contributed by atoms with E-state index in [1.54, 1.807) is 30.0 Å². The van der Waals surface area contributed by atoms with Crippen molar-refractivity contribution in [2.75, 3.05) is 40.4 Å². The molecule has 0 saturated carbocycles. The van der Waals surface area contributed by atoms with Crippen molar-refractivity contribution < 1.29 is 22.1 Å². The van der Waals surface area contributed by atoms with E-state index >= 15 is 0 Å². The Hall–Kier alpha value is -2.68. The molecule has 0 N–H and O–H groups in total. The number of morpholine rings is 1. The highest BCUT2D eigenvalue weighted by Crippen LogP contribution is 2.29. The van der Waals surface area contributed by atoms with Gasteiger partial charge < -0.3 is 13.8 Å². The Labute approximate surface area is 177 Å². The van der Waals surface area contributed by atoms with Crippen molar-refractivity contribution >= 4 is 21.8 Å². The molecular formula is C22H26N2O5S. The number of nitrogens with zero attached hydrogens (tertiary/aromatic N) is 2. The first-order valence-electron chi connectivity index (χ1n) is 9.64. The maximum absolute atomic E-state index is 12.9. The van der Waals surface area contributed by atoms with Gasteiger partial charge in [-0.2, -0.15) is 12.7 Å². The van der Waals surface area contributed by atoms with Gasteiger partial charge in [0.2, 0.25) is 5.91 Å². The van der Waals surface area contributed by atoms with Crippen LogP contribution in [0, 0.1) is 6.92 Å². The average molecular weight is 431 g/mol. The Morgan fingerprint density at radius 3 is 2.33 bits per heavy atom. The van der Waals surface area contributed by atoms with Crippen molar-refractivity contribution in [3.8, 4) is 5.75 Å². The van der Waals surface area contributed by atoms with Crippen LogP contribution in [0.2, 0.25) is 0 Å². The fraction of sp³-hybridized carbons (Fsp3) is 0.318. The van der Waals surface area contributed by atoms with Gasteiger partial charge in [0.05, 0.1) is 13.2 Å². The molecule has 0 bridgehead atoms. The summed E-state index contributed by atoms with van der Waals surface area (Å²) in [6.45, 7) is 3.96. The van der Waals surface area contributed by atoms with E-state index in [0.29, 0.717) is 31.9 Å². The van der Waals surface area contributed by atoms with Crippen molar-refractivity contribution in [2.45, 2.75) is 6.92 Å². The van der Waals surface area contributed by atoms with Crippen LogP contribution in [-0.4, -0.2) is 63.9 Å². The van der Waals surface area contributed by atoms with Crippen molar-refractivity contribution in [1.29, 1.82) is 0 Å². The van der Waals surface area contributed by atoms with Crippen LogP contribution >= 0.6 is 0 Å². The lowest BCUT2D eigenvalue weighted by Crippen LogP contribution is -2.39. The molecule has 0 unspecified atom stereocenters. The molecule has 0 atom stereocenters. The first-order chi connectivity index (χ1) is 14.3. The predicted molar refractivity (Wildman–Crippen MR) is 115 cm³/mol. The summed E-state index contributed by atoms with van der Waals surface area (Å²) in [5.74, 6) is 0.171. The Morgan fingerprint density at radius 1 is 1.07 bits per heavy atom. The summed E-state index contributed by atoms with van der Waals surface area (Å²) in [5.41, 5.74) is 3.11. The fourth-order valence-corrected chi connectivity index (χ4v) is 3.61. The van der Waals surface area contributed by atoms with Gasteiger partial charge >= 0.3 is 10.3 Å². The molecular weight excluding hydrogens is 404 g/mol. The highest BCUT2D eigenvalue weighted by Gasteiger charge is 2.19. The SMILES string of the molecule is Cc1cc(C(=CC(=O)N2CCOCC2)c2ccccc2)ccc1OS(=O)(=O)N(C)C. The van der Waals surface area contributed by atoms with Crippen LogP contribution < -0.4 is 4.18 Å². The van der Waals surface area contributed by atoms with Gasteiger partial charge in [-0.05, 0) is 41.3 Å². The lowest BCUT2D eigenvalue weighted by atomic mass is 9.95. The van der Waals surface area contributed by atoms with E-state index in [9.17, 15) is 13.2 Å². The molecule has 1 amide bonds. The fourth-order valence-electron chi connectivity index (χ4n) is 3.05. The Morgan fingerprint density at radius 2 is 1.73 bits per heavy atom. The van der Waals surface area contributed by atoms with Crippen molar-refractivity contribution in [1.82, 2.24) is 9.21 Å². The molecule has 3 rings (SSSR count). The second kappa shape index (κ2) is 9.42. The largest absolute Gasteiger partial charge is 0.384 e. The van der Waals surface area contributed by atoms with E-state index < -0.39 is 10.3 Å². The van der Waals surface area contributed by atoms with Gasteiger partial charge in [0, 0.05) is 33.3 Å². The van der Waals surface area contributed by atoms with Gasteiger partial charge in [-0.25, -0.2) is 0 Å². The summed E-state index contributed by atoms with van der Waals surface area (Å²) in [6, 6.07) is 14.8. The number of carbonyl (C=O) groups excluding carboxylic acids is 1. The second-order valence-electron chi connectivity index (χ2n) is 7.17. The van der Waals surface area contributed by atoms with E-state index in [4.69, 9.17) is 8.92 Å². The molecule has 0 aromatic heterocycles. The lowest BCUT2D eigenvalue weighted by molar-refractivity contribution is -0.129. The van der Waals surface area contributed by atoms with Crippen LogP contribution in [-0.2, 0) is 19.8 Å². The maximum atomic E-state index is 12.9. The number of amides is 1. The smallest absolute Gasteiger partial charge is 0.378 e. The molecule has 8 heteroatoms. The predicted octanol–water partition coefficient (Wildman–Crippen LogP) is 2.47. The third-order valence-corrected chi connectivity index (χ3v) is 6.09. The molecule has 0 radical (unpaired) electrons. The molecule has 2 aromatic rings. The third-order valence-electron chi connectivity index (χ3n) is 4.80. The maximum Gasteiger partial charge on any atom is 0.384 e. The van der Waals surface area contributed by atoms with E-state index in [1.807, 2.05) is 36.4 Å². The first-order valence-corrected chi connectivity index (χ1v) is 11.0. The number of aryl methyl sites for hydroxylation is 1. The van der Waals surface area contributed by atoms with E-state index in [1.165, 1.54) is 14.1 Å². The molecule has 0 aliphatic carbocycles. The number of ether oxygens (including phenoxy) is 1. The third kappa shape index (κ3) is 5.27. The summed E-state index contributed by atoms with van der Waals surface area (Å²) in [6.07, 6.45) is 1.63. The minimum Gasteiger partial charge on any atom is -0.378 e. The van der Waals surface area contributed by atoms with Crippen molar-refractivity contribution in [2.24, 2.45) is 0 Å². The molecule has 1 aliphatic heterocycles. The van der Waals surface area contributed by atoms with Crippen molar-refractivity contribution in [3.05, 3.63) is 71.3 Å². The molecule has 2 aromatic carbocycles. The van der Waals surface area contributed by atoms with E-state index in [0.717, 1.165) is 21.0 Å². The molecule has 1 fully saturated rings. The monoisotopic (exact) mass is 430 g/mol. The molecule has 160 valence electrons. The molecule has 7 nitrogen and oxygen atoms in total. The zero-order chi connectivity index (χ0) is 21.7. The molecule has 1 aliphatic rings. The normalized spacial score (nSPS) is 15.3. The zero-order valence-electron chi connectivity index (χ0n) is 17.4. The molecule has 30 heavy (non-hydrogen) atoms. The van der Waals surface area contributed by atoms with Gasteiger partial charge in [0.15, 0.2) is 0 Å². The molecule has 0 spiro atoms.